The summed E-state index contributed by atoms with van der Waals surface area (Å²) in [5, 5.41) is 15.2. The van der Waals surface area contributed by atoms with Gasteiger partial charge in [0.1, 0.15) is 29.3 Å². The number of hydrogen-bond donors (Lipinski definition) is 3. The molecule has 6 rings (SSSR count). The normalized spacial score (nSPS) is 18.1. The van der Waals surface area contributed by atoms with Crippen LogP contribution in [0.3, 0.4) is 0 Å². The van der Waals surface area contributed by atoms with Gasteiger partial charge in [0.2, 0.25) is 0 Å². The molecular formula is C25H25ClF3N9O3S. The van der Waals surface area contributed by atoms with Gasteiger partial charge in [-0.05, 0) is 18.9 Å². The van der Waals surface area contributed by atoms with Crippen molar-refractivity contribution in [1.82, 2.24) is 29.1 Å². The van der Waals surface area contributed by atoms with E-state index >= 15 is 0 Å². The number of anilines is 2. The highest BCUT2D eigenvalue weighted by Crippen LogP contribution is 2.50. The molecule has 0 saturated carbocycles. The molecule has 1 saturated heterocycles. The zero-order chi connectivity index (χ0) is 29.8. The zero-order valence-electron chi connectivity index (χ0n) is 21.9. The quantitative estimate of drug-likeness (QED) is 0.271. The summed E-state index contributed by atoms with van der Waals surface area (Å²) in [6.45, 7) is 0.449. The van der Waals surface area contributed by atoms with Gasteiger partial charge in [0.15, 0.2) is 5.82 Å². The number of ether oxygens (including phenoxy) is 1. The number of imidazole rings is 1. The highest BCUT2D eigenvalue weighted by atomic mass is 35.5. The van der Waals surface area contributed by atoms with Crippen LogP contribution in [0.5, 0.6) is 0 Å². The monoisotopic (exact) mass is 623 g/mol. The predicted molar refractivity (Wildman–Crippen MR) is 146 cm³/mol. The van der Waals surface area contributed by atoms with Crippen molar-refractivity contribution in [3.63, 3.8) is 0 Å². The number of aliphatic hydroxyl groups is 1. The van der Waals surface area contributed by atoms with Crippen molar-refractivity contribution in [3.8, 4) is 0 Å². The molecule has 2 aliphatic heterocycles. The number of pyridine rings is 1. The molecule has 0 bridgehead atoms. The number of carbonyl (C=O) groups is 1. The van der Waals surface area contributed by atoms with E-state index in [-0.39, 0.29) is 17.1 Å². The minimum atomic E-state index is -5.13. The maximum atomic E-state index is 12.7. The number of rotatable bonds is 6. The molecule has 5 N–H and O–H groups in total. The summed E-state index contributed by atoms with van der Waals surface area (Å²) in [7, 11) is 0. The number of piperidine rings is 1. The Bertz CT molecular complexity index is 1670. The van der Waals surface area contributed by atoms with Crippen molar-refractivity contribution in [2.45, 2.75) is 54.7 Å². The molecule has 222 valence electrons. The van der Waals surface area contributed by atoms with Crippen LogP contribution in [0.15, 0.2) is 40.9 Å². The average molecular weight is 624 g/mol. The largest absolute Gasteiger partial charge is 0.490 e. The van der Waals surface area contributed by atoms with Crippen LogP contribution in [0.25, 0.3) is 5.52 Å². The average Bonchev–Trinajstić information content (AvgIpc) is 3.65. The molecule has 1 spiro atoms. The van der Waals surface area contributed by atoms with Crippen molar-refractivity contribution >= 4 is 46.5 Å². The molecule has 6 heterocycles. The fourth-order valence-corrected chi connectivity index (χ4v) is 6.81. The first-order valence-electron chi connectivity index (χ1n) is 12.8. The minimum Gasteiger partial charge on any atom is -0.454 e. The number of nitrogens with zero attached hydrogens (tertiary/aromatic N) is 7. The molecule has 0 aliphatic carbocycles. The first kappa shape index (κ1) is 28.5. The highest BCUT2D eigenvalue weighted by molar-refractivity contribution is 7.99. The third-order valence-electron chi connectivity index (χ3n) is 7.88. The molecule has 1 fully saturated rings. The third kappa shape index (κ3) is 4.81. The maximum absolute atomic E-state index is 12.7. The Hall–Kier alpha value is -3.60. The Kier molecular flexibility index (Phi) is 7.19. The molecular weight excluding hydrogens is 599 g/mol. The van der Waals surface area contributed by atoms with Gasteiger partial charge in [-0.3, -0.25) is 9.08 Å². The van der Waals surface area contributed by atoms with Crippen LogP contribution in [0.2, 0.25) is 5.02 Å². The number of hydrogen-bond acceptors (Lipinski definition) is 11. The Morgan fingerprint density at radius 1 is 1.26 bits per heavy atom. The summed E-state index contributed by atoms with van der Waals surface area (Å²) in [4.78, 5) is 27.3. The number of esters is 1. The summed E-state index contributed by atoms with van der Waals surface area (Å²) in [6.07, 6.45) is 2.94. The van der Waals surface area contributed by atoms with Crippen LogP contribution >= 0.6 is 23.4 Å². The van der Waals surface area contributed by atoms with Crippen molar-refractivity contribution in [2.24, 2.45) is 11.1 Å². The smallest absolute Gasteiger partial charge is 0.454 e. The number of nitrogen functional groups attached to an aromatic ring is 1. The summed E-state index contributed by atoms with van der Waals surface area (Å²) < 4.78 is 46.1. The second-order valence-corrected chi connectivity index (χ2v) is 11.6. The SMILES string of the molecule is Nc1nccc(Sc2cnc(N3CCC4(CC3)Cn3nc(CO)c(COC(=O)C(F)(F)F)c3[C@H]4N)c3cncn23)c1Cl. The second-order valence-electron chi connectivity index (χ2n) is 10.2. The Labute approximate surface area is 245 Å². The first-order chi connectivity index (χ1) is 20.0. The van der Waals surface area contributed by atoms with Crippen LogP contribution in [0, 0.1) is 5.41 Å². The Balaban J connectivity index is 1.20. The molecule has 2 aliphatic rings. The number of fused-ring (bicyclic) bond motifs is 2. The second kappa shape index (κ2) is 10.6. The highest BCUT2D eigenvalue weighted by Gasteiger charge is 2.49. The lowest BCUT2D eigenvalue weighted by atomic mass is 9.73. The van der Waals surface area contributed by atoms with E-state index in [0.717, 1.165) is 21.3 Å². The summed E-state index contributed by atoms with van der Waals surface area (Å²) in [5.74, 6) is -1.32. The molecule has 12 nitrogen and oxygen atoms in total. The lowest BCUT2D eigenvalue weighted by molar-refractivity contribution is -0.201. The molecule has 0 aromatic carbocycles. The van der Waals surface area contributed by atoms with Crippen LogP contribution in [0.1, 0.15) is 35.8 Å². The Morgan fingerprint density at radius 3 is 2.74 bits per heavy atom. The van der Waals surface area contributed by atoms with Crippen molar-refractivity contribution < 1.29 is 27.8 Å². The lowest BCUT2D eigenvalue weighted by Gasteiger charge is -2.42. The fourth-order valence-electron chi connectivity index (χ4n) is 5.69. The number of aromatic nitrogens is 6. The topological polar surface area (TPSA) is 163 Å². The number of aliphatic hydroxyl groups excluding tert-OH is 1. The van der Waals surface area contributed by atoms with E-state index in [1.165, 1.54) is 11.8 Å². The molecule has 0 radical (unpaired) electrons. The maximum Gasteiger partial charge on any atom is 0.490 e. The number of carbonyl (C=O) groups excluding carboxylic acids is 1. The van der Waals surface area contributed by atoms with E-state index in [1.807, 2.05) is 4.40 Å². The van der Waals surface area contributed by atoms with Crippen LogP contribution in [-0.4, -0.2) is 59.5 Å². The molecule has 42 heavy (non-hydrogen) atoms. The van der Waals surface area contributed by atoms with Crippen LogP contribution in [0.4, 0.5) is 24.8 Å². The summed E-state index contributed by atoms with van der Waals surface area (Å²) in [5.41, 5.74) is 13.8. The number of nitrogens with two attached hydrogens (primary N) is 2. The van der Waals surface area contributed by atoms with Crippen LogP contribution < -0.4 is 16.4 Å². The summed E-state index contributed by atoms with van der Waals surface area (Å²) in [6, 6.07) is 1.20. The molecule has 17 heteroatoms. The molecule has 1 atom stereocenters. The predicted octanol–water partition coefficient (Wildman–Crippen LogP) is 3.11. The number of alkyl halides is 3. The first-order valence-corrected chi connectivity index (χ1v) is 14.0. The van der Waals surface area contributed by atoms with Crippen molar-refractivity contribution in [2.75, 3.05) is 23.7 Å². The van der Waals surface area contributed by atoms with E-state index in [0.29, 0.717) is 43.2 Å². The van der Waals surface area contributed by atoms with Gasteiger partial charge in [0.05, 0.1) is 41.5 Å². The van der Waals surface area contributed by atoms with Crippen molar-refractivity contribution in [1.29, 1.82) is 0 Å². The van der Waals surface area contributed by atoms with Gasteiger partial charge in [-0.25, -0.2) is 19.7 Å². The van der Waals surface area contributed by atoms with E-state index in [1.54, 1.807) is 35.7 Å². The molecule has 4 aromatic rings. The van der Waals surface area contributed by atoms with Gasteiger partial charge in [0.25, 0.3) is 0 Å². The zero-order valence-corrected chi connectivity index (χ0v) is 23.5. The standard InChI is InChI=1S/C25H25ClF3N9O3S/c26-18-16(1-4-33-21(18)31)42-17-8-34-22(15-7-32-12-37(15)17)36-5-2-24(3-6-36)11-38-19(20(24)30)13(14(9-39)35-38)10-41-23(40)25(27,28)29/h1,4,7-8,12,20,39H,2-3,5-6,9-11,30H2,(H2,31,33)/t20-/m1/s1. The van der Waals surface area contributed by atoms with Gasteiger partial charge in [-0.2, -0.15) is 18.3 Å². The molecule has 4 aromatic heterocycles. The van der Waals surface area contributed by atoms with Gasteiger partial charge in [-0.1, -0.05) is 23.4 Å². The summed E-state index contributed by atoms with van der Waals surface area (Å²) >= 11 is 7.73. The molecule has 0 unspecified atom stereocenters. The van der Waals surface area contributed by atoms with Gasteiger partial charge in [-0.15, -0.1) is 0 Å². The molecule has 0 amide bonds. The van der Waals surface area contributed by atoms with Gasteiger partial charge in [0, 0.05) is 41.7 Å². The Morgan fingerprint density at radius 2 is 2.02 bits per heavy atom. The number of halogens is 4. The van der Waals surface area contributed by atoms with E-state index in [2.05, 4.69) is 24.7 Å². The van der Waals surface area contributed by atoms with E-state index in [4.69, 9.17) is 28.1 Å². The van der Waals surface area contributed by atoms with Crippen molar-refractivity contribution in [3.05, 3.63) is 53.0 Å². The van der Waals surface area contributed by atoms with E-state index < -0.39 is 36.8 Å². The van der Waals surface area contributed by atoms with Gasteiger partial charge >= 0.3 is 12.1 Å². The van der Waals surface area contributed by atoms with E-state index in [9.17, 15) is 23.1 Å². The third-order valence-corrected chi connectivity index (χ3v) is 9.46. The fraction of sp³-hybridized carbons (Fsp3) is 0.400. The minimum absolute atomic E-state index is 0.142. The lowest BCUT2D eigenvalue weighted by Crippen LogP contribution is -2.45. The van der Waals surface area contributed by atoms with Gasteiger partial charge < -0.3 is 26.2 Å². The van der Waals surface area contributed by atoms with Crippen LogP contribution in [-0.2, 0) is 29.3 Å².